The van der Waals surface area contributed by atoms with Crippen LogP contribution in [-0.2, 0) is 6.61 Å². The Hall–Kier alpha value is -1.47. The number of ether oxygens (including phenoxy) is 2. The smallest absolute Gasteiger partial charge is 0.339 e. The Morgan fingerprint density at radius 3 is 2.43 bits per heavy atom. The average molecular weight is 420 g/mol. The molecule has 1 aromatic heterocycles. The summed E-state index contributed by atoms with van der Waals surface area (Å²) in [5, 5.41) is 8.97. The standard InChI is InChI=1S/C14H12Br2O5/c1-7-9(14(17)18)3-8(21-7)6-20-13-5-10(15)12(19-2)4-11(13)16/h3-5H,6H2,1-2H3,(H,17,18). The van der Waals surface area contributed by atoms with Gasteiger partial charge in [-0.3, -0.25) is 0 Å². The summed E-state index contributed by atoms with van der Waals surface area (Å²) in [6, 6.07) is 5.00. The molecule has 0 fully saturated rings. The molecular formula is C14H12Br2O5. The van der Waals surface area contributed by atoms with Gasteiger partial charge in [-0.05, 0) is 57.0 Å². The number of hydrogen-bond donors (Lipinski definition) is 1. The maximum absolute atomic E-state index is 11.0. The number of furan rings is 1. The highest BCUT2D eigenvalue weighted by molar-refractivity contribution is 9.11. The first kappa shape index (κ1) is 15.9. The van der Waals surface area contributed by atoms with Crippen molar-refractivity contribution >= 4 is 37.8 Å². The summed E-state index contributed by atoms with van der Waals surface area (Å²) < 4.78 is 17.6. The number of carboxylic acids is 1. The van der Waals surface area contributed by atoms with Crippen LogP contribution < -0.4 is 9.47 Å². The Kier molecular flexibility index (Phi) is 4.95. The third-order valence-electron chi connectivity index (χ3n) is 2.78. The molecule has 5 nitrogen and oxygen atoms in total. The van der Waals surface area contributed by atoms with Gasteiger partial charge in [0.15, 0.2) is 0 Å². The van der Waals surface area contributed by atoms with Crippen molar-refractivity contribution in [1.29, 1.82) is 0 Å². The van der Waals surface area contributed by atoms with Gasteiger partial charge in [0.05, 0.1) is 16.1 Å². The number of aryl methyl sites for hydroxylation is 1. The van der Waals surface area contributed by atoms with E-state index < -0.39 is 5.97 Å². The molecule has 0 radical (unpaired) electrons. The molecule has 0 aliphatic rings. The molecule has 2 aromatic rings. The van der Waals surface area contributed by atoms with E-state index >= 15 is 0 Å². The number of hydrogen-bond acceptors (Lipinski definition) is 4. The minimum atomic E-state index is -1.02. The lowest BCUT2D eigenvalue weighted by Gasteiger charge is -2.10. The fraction of sp³-hybridized carbons (Fsp3) is 0.214. The van der Waals surface area contributed by atoms with E-state index in [1.165, 1.54) is 6.07 Å². The molecule has 0 unspecified atom stereocenters. The molecule has 0 spiro atoms. The summed E-state index contributed by atoms with van der Waals surface area (Å²) >= 11 is 6.76. The molecule has 0 saturated heterocycles. The topological polar surface area (TPSA) is 68.9 Å². The fourth-order valence-corrected chi connectivity index (χ4v) is 2.67. The largest absolute Gasteiger partial charge is 0.496 e. The highest BCUT2D eigenvalue weighted by Crippen LogP contribution is 2.36. The molecule has 1 N–H and O–H groups in total. The summed E-state index contributed by atoms with van der Waals surface area (Å²) in [7, 11) is 1.58. The minimum absolute atomic E-state index is 0.130. The van der Waals surface area contributed by atoms with E-state index in [0.717, 1.165) is 8.95 Å². The molecule has 0 atom stereocenters. The molecule has 0 aliphatic heterocycles. The molecule has 7 heteroatoms. The third kappa shape index (κ3) is 3.59. The Bertz CT molecular complexity index is 678. The zero-order valence-electron chi connectivity index (χ0n) is 11.3. The zero-order chi connectivity index (χ0) is 15.6. The number of aromatic carboxylic acids is 1. The van der Waals surface area contributed by atoms with Gasteiger partial charge < -0.3 is 19.0 Å². The molecule has 0 bridgehead atoms. The van der Waals surface area contributed by atoms with Gasteiger partial charge in [-0.25, -0.2) is 4.79 Å². The van der Waals surface area contributed by atoms with Crippen LogP contribution in [0.1, 0.15) is 21.9 Å². The van der Waals surface area contributed by atoms with Crippen molar-refractivity contribution in [3.63, 3.8) is 0 Å². The number of halogens is 2. The SMILES string of the molecule is COc1cc(Br)c(OCc2cc(C(=O)O)c(C)o2)cc1Br. The van der Waals surface area contributed by atoms with Gasteiger partial charge in [-0.1, -0.05) is 0 Å². The normalized spacial score (nSPS) is 10.5. The molecule has 1 aromatic carbocycles. The van der Waals surface area contributed by atoms with E-state index in [4.69, 9.17) is 19.0 Å². The van der Waals surface area contributed by atoms with E-state index in [0.29, 0.717) is 23.0 Å². The van der Waals surface area contributed by atoms with Crippen LogP contribution in [0, 0.1) is 6.92 Å². The maximum atomic E-state index is 11.0. The van der Waals surface area contributed by atoms with Gasteiger partial charge in [0, 0.05) is 0 Å². The molecule has 21 heavy (non-hydrogen) atoms. The van der Waals surface area contributed by atoms with Gasteiger partial charge in [0.2, 0.25) is 0 Å². The van der Waals surface area contributed by atoms with Crippen LogP contribution in [0.25, 0.3) is 0 Å². The lowest BCUT2D eigenvalue weighted by molar-refractivity contribution is 0.0695. The summed E-state index contributed by atoms with van der Waals surface area (Å²) in [4.78, 5) is 11.0. The quantitative estimate of drug-likeness (QED) is 0.777. The van der Waals surface area contributed by atoms with Gasteiger partial charge in [-0.15, -0.1) is 0 Å². The summed E-state index contributed by atoms with van der Waals surface area (Å²) in [6.45, 7) is 1.73. The van der Waals surface area contributed by atoms with Crippen molar-refractivity contribution in [2.75, 3.05) is 7.11 Å². The van der Waals surface area contributed by atoms with Crippen molar-refractivity contribution in [2.45, 2.75) is 13.5 Å². The van der Waals surface area contributed by atoms with E-state index in [1.807, 2.05) is 0 Å². The fourth-order valence-electron chi connectivity index (χ4n) is 1.75. The second-order valence-corrected chi connectivity index (χ2v) is 5.90. The minimum Gasteiger partial charge on any atom is -0.496 e. The molecule has 1 heterocycles. The van der Waals surface area contributed by atoms with E-state index in [2.05, 4.69) is 31.9 Å². The Labute approximate surface area is 138 Å². The average Bonchev–Trinajstić information content (AvgIpc) is 2.80. The number of carboxylic acid groups (broad SMARTS) is 1. The van der Waals surface area contributed by atoms with Crippen molar-refractivity contribution in [3.8, 4) is 11.5 Å². The van der Waals surface area contributed by atoms with Gasteiger partial charge in [-0.2, -0.15) is 0 Å². The van der Waals surface area contributed by atoms with Gasteiger partial charge in [0.1, 0.15) is 35.2 Å². The lowest BCUT2D eigenvalue weighted by Crippen LogP contribution is -1.97. The molecule has 0 aliphatic carbocycles. The zero-order valence-corrected chi connectivity index (χ0v) is 14.4. The molecule has 2 rings (SSSR count). The second kappa shape index (κ2) is 6.53. The molecular weight excluding hydrogens is 408 g/mol. The third-order valence-corrected chi connectivity index (χ3v) is 4.01. The van der Waals surface area contributed by atoms with Crippen LogP contribution in [0.5, 0.6) is 11.5 Å². The van der Waals surface area contributed by atoms with Crippen molar-refractivity contribution in [2.24, 2.45) is 0 Å². The summed E-state index contributed by atoms with van der Waals surface area (Å²) in [6.07, 6.45) is 0. The first-order valence-electron chi connectivity index (χ1n) is 5.90. The second-order valence-electron chi connectivity index (χ2n) is 4.19. The molecule has 112 valence electrons. The highest BCUT2D eigenvalue weighted by atomic mass is 79.9. The summed E-state index contributed by atoms with van der Waals surface area (Å²) in [5.74, 6) is 1.06. The van der Waals surface area contributed by atoms with E-state index in [1.54, 1.807) is 26.2 Å². The van der Waals surface area contributed by atoms with Crippen LogP contribution in [-0.4, -0.2) is 18.2 Å². The molecule has 0 amide bonds. The van der Waals surface area contributed by atoms with Crippen molar-refractivity contribution in [1.82, 2.24) is 0 Å². The Morgan fingerprint density at radius 1 is 1.24 bits per heavy atom. The first-order valence-corrected chi connectivity index (χ1v) is 7.49. The van der Waals surface area contributed by atoms with Crippen LogP contribution in [0.3, 0.4) is 0 Å². The number of carbonyl (C=O) groups is 1. The van der Waals surface area contributed by atoms with Crippen LogP contribution in [0.15, 0.2) is 31.6 Å². The van der Waals surface area contributed by atoms with E-state index in [9.17, 15) is 4.79 Å². The van der Waals surface area contributed by atoms with Crippen molar-refractivity contribution in [3.05, 3.63) is 44.2 Å². The van der Waals surface area contributed by atoms with E-state index in [-0.39, 0.29) is 12.2 Å². The van der Waals surface area contributed by atoms with Crippen LogP contribution in [0.2, 0.25) is 0 Å². The van der Waals surface area contributed by atoms with Crippen LogP contribution in [0.4, 0.5) is 0 Å². The summed E-state index contributed by atoms with van der Waals surface area (Å²) in [5.41, 5.74) is 0.142. The van der Waals surface area contributed by atoms with Crippen molar-refractivity contribution < 1.29 is 23.8 Å². The number of methoxy groups -OCH3 is 1. The monoisotopic (exact) mass is 418 g/mol. The molecule has 0 saturated carbocycles. The first-order chi connectivity index (χ1) is 9.92. The number of rotatable bonds is 5. The Morgan fingerprint density at radius 2 is 1.86 bits per heavy atom. The van der Waals surface area contributed by atoms with Crippen LogP contribution >= 0.6 is 31.9 Å². The van der Waals surface area contributed by atoms with Gasteiger partial charge >= 0.3 is 5.97 Å². The highest BCUT2D eigenvalue weighted by Gasteiger charge is 2.15. The number of benzene rings is 1. The maximum Gasteiger partial charge on any atom is 0.339 e. The lowest BCUT2D eigenvalue weighted by atomic mass is 10.2. The predicted molar refractivity (Wildman–Crippen MR) is 83.1 cm³/mol. The predicted octanol–water partition coefficient (Wildman–Crippen LogP) is 4.40. The van der Waals surface area contributed by atoms with Gasteiger partial charge in [0.25, 0.3) is 0 Å². The Balaban J connectivity index is 2.15.